The van der Waals surface area contributed by atoms with Crippen molar-refractivity contribution in [3.8, 4) is 0 Å². The second-order valence-electron chi connectivity index (χ2n) is 5.17. The lowest BCUT2D eigenvalue weighted by molar-refractivity contribution is -0.722. The molecule has 0 saturated heterocycles. The third kappa shape index (κ3) is 3.10. The Morgan fingerprint density at radius 1 is 1.19 bits per heavy atom. The second kappa shape index (κ2) is 6.07. The van der Waals surface area contributed by atoms with Crippen molar-refractivity contribution in [3.05, 3.63) is 18.2 Å². The van der Waals surface area contributed by atoms with Crippen molar-refractivity contribution in [1.29, 1.82) is 0 Å². The summed E-state index contributed by atoms with van der Waals surface area (Å²) in [6.07, 6.45) is 9.60. The third-order valence-corrected chi connectivity index (χ3v) is 3.10. The molecule has 1 aromatic rings. The zero-order valence-corrected chi connectivity index (χ0v) is 11.5. The van der Waals surface area contributed by atoms with Crippen LogP contribution >= 0.6 is 0 Å². The molecule has 1 heterocycles. The number of hydrogen-bond acceptors (Lipinski definition) is 0. The summed E-state index contributed by atoms with van der Waals surface area (Å²) in [5.74, 6) is 1.48. The molecule has 92 valence electrons. The van der Waals surface area contributed by atoms with Crippen LogP contribution in [-0.4, -0.2) is 4.57 Å². The van der Waals surface area contributed by atoms with Gasteiger partial charge in [-0.2, -0.15) is 0 Å². The van der Waals surface area contributed by atoms with Gasteiger partial charge in [0.2, 0.25) is 0 Å². The Labute approximate surface area is 100 Å². The Hall–Kier alpha value is -0.790. The molecule has 1 aromatic heterocycles. The first-order chi connectivity index (χ1) is 7.57. The first-order valence-electron chi connectivity index (χ1n) is 6.68. The van der Waals surface area contributed by atoms with E-state index in [0.29, 0.717) is 12.1 Å². The first-order valence-corrected chi connectivity index (χ1v) is 6.68. The predicted octanol–water partition coefficient (Wildman–Crippen LogP) is 3.67. The zero-order valence-electron chi connectivity index (χ0n) is 11.5. The van der Waals surface area contributed by atoms with Crippen LogP contribution in [0.25, 0.3) is 0 Å². The summed E-state index contributed by atoms with van der Waals surface area (Å²) in [5.41, 5.74) is 0. The van der Waals surface area contributed by atoms with Gasteiger partial charge in [0.05, 0.1) is 12.1 Å². The van der Waals surface area contributed by atoms with E-state index < -0.39 is 0 Å². The van der Waals surface area contributed by atoms with Gasteiger partial charge in [-0.3, -0.25) is 0 Å². The fourth-order valence-electron chi connectivity index (χ4n) is 2.18. The monoisotopic (exact) mass is 223 g/mol. The maximum atomic E-state index is 2.41. The van der Waals surface area contributed by atoms with Gasteiger partial charge < -0.3 is 0 Å². The Bertz CT molecular complexity index is 285. The molecule has 0 aromatic carbocycles. The summed E-state index contributed by atoms with van der Waals surface area (Å²) >= 11 is 0. The highest BCUT2D eigenvalue weighted by Crippen LogP contribution is 2.12. The molecule has 16 heavy (non-hydrogen) atoms. The van der Waals surface area contributed by atoms with Gasteiger partial charge in [-0.05, 0) is 34.1 Å². The standard InChI is InChI=1S/C14H27N2/c1-6-7-8-9-14-15(12(2)3)10-11-16(14)13(4)5/h10-13H,6-9H2,1-5H3/q+1. The number of rotatable bonds is 6. The zero-order chi connectivity index (χ0) is 12.1. The molecule has 0 unspecified atom stereocenters. The molecule has 1 rings (SSSR count). The Balaban J connectivity index is 2.86. The lowest BCUT2D eigenvalue weighted by atomic mass is 10.2. The summed E-state index contributed by atoms with van der Waals surface area (Å²) in [6, 6.07) is 1.13. The van der Waals surface area contributed by atoms with Crippen LogP contribution in [0.2, 0.25) is 0 Å². The smallest absolute Gasteiger partial charge is 0.232 e. The minimum Gasteiger partial charge on any atom is -0.232 e. The van der Waals surface area contributed by atoms with Gasteiger partial charge in [0.25, 0.3) is 5.82 Å². The molecule has 0 aliphatic carbocycles. The van der Waals surface area contributed by atoms with Crippen LogP contribution in [0, 0.1) is 0 Å². The summed E-state index contributed by atoms with van der Waals surface area (Å²) in [7, 11) is 0. The van der Waals surface area contributed by atoms with Gasteiger partial charge in [-0.15, -0.1) is 0 Å². The minimum absolute atomic E-state index is 0.566. The molecule has 0 fully saturated rings. The van der Waals surface area contributed by atoms with Crippen LogP contribution in [0.15, 0.2) is 12.4 Å². The molecule has 0 radical (unpaired) electrons. The fourth-order valence-corrected chi connectivity index (χ4v) is 2.18. The summed E-state index contributed by atoms with van der Waals surface area (Å²) < 4.78 is 4.82. The highest BCUT2D eigenvalue weighted by Gasteiger charge is 2.20. The molecule has 2 nitrogen and oxygen atoms in total. The molecule has 0 spiro atoms. The molecular weight excluding hydrogens is 196 g/mol. The highest BCUT2D eigenvalue weighted by atomic mass is 15.2. The van der Waals surface area contributed by atoms with Gasteiger partial charge in [0, 0.05) is 6.42 Å². The maximum Gasteiger partial charge on any atom is 0.256 e. The summed E-state index contributed by atoms with van der Waals surface area (Å²) in [6.45, 7) is 11.3. The summed E-state index contributed by atoms with van der Waals surface area (Å²) in [4.78, 5) is 0. The minimum atomic E-state index is 0.566. The topological polar surface area (TPSA) is 8.81 Å². The molecule has 0 aliphatic rings. The van der Waals surface area contributed by atoms with Crippen LogP contribution in [-0.2, 0) is 6.42 Å². The van der Waals surface area contributed by atoms with Crippen molar-refractivity contribution in [3.63, 3.8) is 0 Å². The van der Waals surface area contributed by atoms with Gasteiger partial charge in [0.1, 0.15) is 12.4 Å². The van der Waals surface area contributed by atoms with E-state index in [4.69, 9.17) is 0 Å². The Kier molecular flexibility index (Phi) is 5.04. The van der Waals surface area contributed by atoms with Crippen LogP contribution in [0.5, 0.6) is 0 Å². The number of aromatic nitrogens is 2. The number of nitrogens with zero attached hydrogens (tertiary/aromatic N) is 2. The van der Waals surface area contributed by atoms with Gasteiger partial charge >= 0.3 is 0 Å². The van der Waals surface area contributed by atoms with E-state index in [2.05, 4.69) is 56.1 Å². The second-order valence-corrected chi connectivity index (χ2v) is 5.17. The largest absolute Gasteiger partial charge is 0.256 e. The molecule has 0 bridgehead atoms. The number of imidazole rings is 1. The predicted molar refractivity (Wildman–Crippen MR) is 68.6 cm³/mol. The molecule has 2 heteroatoms. The molecule has 0 saturated carbocycles. The van der Waals surface area contributed by atoms with E-state index in [9.17, 15) is 0 Å². The van der Waals surface area contributed by atoms with E-state index >= 15 is 0 Å². The summed E-state index contributed by atoms with van der Waals surface area (Å²) in [5, 5.41) is 0. The lowest BCUT2D eigenvalue weighted by Gasteiger charge is -2.09. The fraction of sp³-hybridized carbons (Fsp3) is 0.786. The molecule has 0 atom stereocenters. The van der Waals surface area contributed by atoms with Crippen LogP contribution < -0.4 is 4.57 Å². The van der Waals surface area contributed by atoms with E-state index in [-0.39, 0.29) is 0 Å². The SMILES string of the molecule is CCCCCc1n(C(C)C)cc[n+]1C(C)C. The average Bonchev–Trinajstić information content (AvgIpc) is 2.62. The van der Waals surface area contributed by atoms with Crippen molar-refractivity contribution in [2.24, 2.45) is 0 Å². The third-order valence-electron chi connectivity index (χ3n) is 3.10. The molecule has 0 N–H and O–H groups in total. The van der Waals surface area contributed by atoms with E-state index in [1.165, 1.54) is 31.5 Å². The quantitative estimate of drug-likeness (QED) is 0.514. The van der Waals surface area contributed by atoms with Crippen molar-refractivity contribution in [2.45, 2.75) is 72.4 Å². The van der Waals surface area contributed by atoms with Gasteiger partial charge in [0.15, 0.2) is 0 Å². The van der Waals surface area contributed by atoms with Crippen molar-refractivity contribution in [2.75, 3.05) is 0 Å². The number of hydrogen-bond donors (Lipinski definition) is 0. The molecular formula is C14H27N2+. The molecule has 0 amide bonds. The average molecular weight is 223 g/mol. The first kappa shape index (κ1) is 13.3. The van der Waals surface area contributed by atoms with Crippen molar-refractivity contribution < 1.29 is 4.57 Å². The number of unbranched alkanes of at least 4 members (excludes halogenated alkanes) is 2. The lowest BCUT2D eigenvalue weighted by Crippen LogP contribution is -2.39. The van der Waals surface area contributed by atoms with Crippen LogP contribution in [0.4, 0.5) is 0 Å². The van der Waals surface area contributed by atoms with E-state index in [1.54, 1.807) is 0 Å². The van der Waals surface area contributed by atoms with Crippen LogP contribution in [0.3, 0.4) is 0 Å². The highest BCUT2D eigenvalue weighted by molar-refractivity contribution is 4.87. The van der Waals surface area contributed by atoms with Gasteiger partial charge in [-0.1, -0.05) is 19.8 Å². The van der Waals surface area contributed by atoms with E-state index in [1.807, 2.05) is 0 Å². The van der Waals surface area contributed by atoms with Crippen LogP contribution in [0.1, 0.15) is 71.8 Å². The van der Waals surface area contributed by atoms with Crippen molar-refractivity contribution in [1.82, 2.24) is 4.57 Å². The normalized spacial score (nSPS) is 11.7. The Morgan fingerprint density at radius 3 is 2.38 bits per heavy atom. The van der Waals surface area contributed by atoms with E-state index in [0.717, 1.165) is 0 Å². The van der Waals surface area contributed by atoms with Gasteiger partial charge in [-0.25, -0.2) is 9.13 Å². The maximum absolute atomic E-state index is 2.41. The molecule has 0 aliphatic heterocycles. The van der Waals surface area contributed by atoms with Crippen molar-refractivity contribution >= 4 is 0 Å². The Morgan fingerprint density at radius 2 is 1.88 bits per heavy atom.